The van der Waals surface area contributed by atoms with Gasteiger partial charge in [-0.3, -0.25) is 0 Å². The number of aryl methyl sites for hydroxylation is 1. The van der Waals surface area contributed by atoms with Crippen molar-refractivity contribution in [2.24, 2.45) is 0 Å². The zero-order valence-corrected chi connectivity index (χ0v) is 10.4. The van der Waals surface area contributed by atoms with Crippen LogP contribution in [0, 0.1) is 0 Å². The molecule has 2 heterocycles. The van der Waals surface area contributed by atoms with Gasteiger partial charge in [0.2, 0.25) is 0 Å². The molecule has 0 saturated carbocycles. The Balaban J connectivity index is 2.13. The monoisotopic (exact) mass is 233 g/mol. The minimum atomic E-state index is 0.782. The van der Waals surface area contributed by atoms with Gasteiger partial charge in [0, 0.05) is 25.0 Å². The summed E-state index contributed by atoms with van der Waals surface area (Å²) in [6, 6.07) is 4.18. The molecule has 2 aromatic heterocycles. The third-order valence-electron chi connectivity index (χ3n) is 2.72. The van der Waals surface area contributed by atoms with Gasteiger partial charge in [0.05, 0.1) is 6.54 Å². The smallest absolute Gasteiger partial charge is 0.146 e. The number of nitrogens with zero attached hydrogens (tertiary/aromatic N) is 4. The summed E-state index contributed by atoms with van der Waals surface area (Å²) in [5.41, 5.74) is 1.26. The third kappa shape index (κ3) is 2.74. The molecule has 0 radical (unpaired) electrons. The normalized spacial score (nSPS) is 10.9. The summed E-state index contributed by atoms with van der Waals surface area (Å²) in [5.74, 6) is 1.01. The van der Waals surface area contributed by atoms with Crippen LogP contribution in [-0.2, 0) is 19.6 Å². The average Bonchev–Trinajstić information content (AvgIpc) is 2.92. The molecule has 92 valence electrons. The van der Waals surface area contributed by atoms with E-state index in [0.717, 1.165) is 31.9 Å². The molecule has 0 amide bonds. The third-order valence-corrected chi connectivity index (χ3v) is 2.72. The summed E-state index contributed by atoms with van der Waals surface area (Å²) >= 11 is 0. The lowest BCUT2D eigenvalue weighted by Crippen LogP contribution is -2.14. The van der Waals surface area contributed by atoms with E-state index in [1.807, 2.05) is 11.7 Å². The van der Waals surface area contributed by atoms with Gasteiger partial charge < -0.3 is 9.88 Å². The molecule has 0 bridgehead atoms. The van der Waals surface area contributed by atoms with Crippen molar-refractivity contribution in [3.63, 3.8) is 0 Å². The van der Waals surface area contributed by atoms with Crippen molar-refractivity contribution in [3.8, 4) is 0 Å². The second-order valence-electron chi connectivity index (χ2n) is 4.06. The fourth-order valence-corrected chi connectivity index (χ4v) is 1.91. The van der Waals surface area contributed by atoms with Gasteiger partial charge in [-0.25, -0.2) is 9.67 Å². The molecule has 0 aromatic carbocycles. The Bertz CT molecular complexity index is 415. The molecule has 2 aromatic rings. The van der Waals surface area contributed by atoms with Crippen molar-refractivity contribution in [1.82, 2.24) is 24.6 Å². The van der Waals surface area contributed by atoms with Crippen LogP contribution < -0.4 is 5.32 Å². The minimum Gasteiger partial charge on any atom is -0.343 e. The Kier molecular flexibility index (Phi) is 3.93. The fourth-order valence-electron chi connectivity index (χ4n) is 1.91. The van der Waals surface area contributed by atoms with Crippen LogP contribution in [0.3, 0.4) is 0 Å². The van der Waals surface area contributed by atoms with E-state index in [-0.39, 0.29) is 0 Å². The Labute approximate surface area is 101 Å². The number of rotatable bonds is 6. The van der Waals surface area contributed by atoms with Crippen LogP contribution in [0.15, 0.2) is 24.7 Å². The summed E-state index contributed by atoms with van der Waals surface area (Å²) in [6.07, 6.45) is 4.79. The first-order chi connectivity index (χ1) is 8.35. The largest absolute Gasteiger partial charge is 0.343 e. The van der Waals surface area contributed by atoms with Crippen molar-refractivity contribution in [1.29, 1.82) is 0 Å². The van der Waals surface area contributed by atoms with Crippen molar-refractivity contribution < 1.29 is 0 Å². The molecule has 0 atom stereocenters. The van der Waals surface area contributed by atoms with Gasteiger partial charge in [-0.2, -0.15) is 5.10 Å². The van der Waals surface area contributed by atoms with E-state index in [2.05, 4.69) is 45.2 Å². The Morgan fingerprint density at radius 2 is 2.29 bits per heavy atom. The van der Waals surface area contributed by atoms with E-state index in [1.165, 1.54) is 5.69 Å². The SMILES string of the molecule is CCCn1ncnc1Cn1cccc1CNC. The lowest BCUT2D eigenvalue weighted by molar-refractivity contribution is 0.548. The quantitative estimate of drug-likeness (QED) is 0.817. The van der Waals surface area contributed by atoms with Crippen LogP contribution in [0.5, 0.6) is 0 Å². The van der Waals surface area contributed by atoms with Gasteiger partial charge in [-0.15, -0.1) is 0 Å². The molecule has 17 heavy (non-hydrogen) atoms. The van der Waals surface area contributed by atoms with E-state index in [4.69, 9.17) is 0 Å². The standard InChI is InChI=1S/C12H19N5/c1-3-6-17-12(14-10-15-17)9-16-7-4-5-11(16)8-13-2/h4-5,7,10,13H,3,6,8-9H2,1-2H3. The van der Waals surface area contributed by atoms with Crippen LogP contribution in [0.25, 0.3) is 0 Å². The van der Waals surface area contributed by atoms with E-state index in [0.29, 0.717) is 0 Å². The van der Waals surface area contributed by atoms with E-state index in [9.17, 15) is 0 Å². The van der Waals surface area contributed by atoms with E-state index < -0.39 is 0 Å². The van der Waals surface area contributed by atoms with Crippen molar-refractivity contribution >= 4 is 0 Å². The highest BCUT2D eigenvalue weighted by atomic mass is 15.3. The maximum absolute atomic E-state index is 4.32. The molecule has 0 aliphatic heterocycles. The van der Waals surface area contributed by atoms with Crippen molar-refractivity contribution in [2.45, 2.75) is 33.0 Å². The summed E-state index contributed by atoms with van der Waals surface area (Å²) in [5, 5.41) is 7.40. The average molecular weight is 233 g/mol. The van der Waals surface area contributed by atoms with Gasteiger partial charge in [-0.05, 0) is 25.6 Å². The van der Waals surface area contributed by atoms with Gasteiger partial charge in [0.15, 0.2) is 0 Å². The topological polar surface area (TPSA) is 47.7 Å². The highest BCUT2D eigenvalue weighted by molar-refractivity contribution is 5.08. The second-order valence-corrected chi connectivity index (χ2v) is 4.06. The predicted octanol–water partition coefficient (Wildman–Crippen LogP) is 1.26. The molecule has 0 spiro atoms. The summed E-state index contributed by atoms with van der Waals surface area (Å²) in [4.78, 5) is 4.32. The van der Waals surface area contributed by atoms with Crippen LogP contribution in [0.4, 0.5) is 0 Å². The lowest BCUT2D eigenvalue weighted by Gasteiger charge is -2.09. The van der Waals surface area contributed by atoms with Gasteiger partial charge in [0.25, 0.3) is 0 Å². The molecule has 1 N–H and O–H groups in total. The summed E-state index contributed by atoms with van der Waals surface area (Å²) < 4.78 is 4.18. The highest BCUT2D eigenvalue weighted by Crippen LogP contribution is 2.06. The number of aromatic nitrogens is 4. The number of hydrogen-bond donors (Lipinski definition) is 1. The zero-order chi connectivity index (χ0) is 12.1. The molecule has 5 heteroatoms. The molecule has 0 saturated heterocycles. The minimum absolute atomic E-state index is 0.782. The van der Waals surface area contributed by atoms with Crippen LogP contribution in [0.2, 0.25) is 0 Å². The molecule has 0 aliphatic rings. The Morgan fingerprint density at radius 1 is 1.41 bits per heavy atom. The fraction of sp³-hybridized carbons (Fsp3) is 0.500. The molecular weight excluding hydrogens is 214 g/mol. The molecule has 5 nitrogen and oxygen atoms in total. The highest BCUT2D eigenvalue weighted by Gasteiger charge is 2.06. The molecule has 0 fully saturated rings. The van der Waals surface area contributed by atoms with Crippen LogP contribution >= 0.6 is 0 Å². The first kappa shape index (κ1) is 11.9. The first-order valence-electron chi connectivity index (χ1n) is 6.00. The Morgan fingerprint density at radius 3 is 3.06 bits per heavy atom. The number of hydrogen-bond acceptors (Lipinski definition) is 3. The maximum atomic E-state index is 4.32. The zero-order valence-electron chi connectivity index (χ0n) is 10.4. The molecule has 0 unspecified atom stereocenters. The van der Waals surface area contributed by atoms with Crippen LogP contribution in [-0.4, -0.2) is 26.4 Å². The van der Waals surface area contributed by atoms with Gasteiger partial charge >= 0.3 is 0 Å². The predicted molar refractivity (Wildman–Crippen MR) is 66.6 cm³/mol. The summed E-state index contributed by atoms with van der Waals surface area (Å²) in [6.45, 7) is 4.73. The number of nitrogens with one attached hydrogen (secondary N) is 1. The van der Waals surface area contributed by atoms with Crippen molar-refractivity contribution in [2.75, 3.05) is 7.05 Å². The summed E-state index contributed by atoms with van der Waals surface area (Å²) in [7, 11) is 1.96. The van der Waals surface area contributed by atoms with Crippen LogP contribution in [0.1, 0.15) is 24.9 Å². The maximum Gasteiger partial charge on any atom is 0.146 e. The van der Waals surface area contributed by atoms with Crippen molar-refractivity contribution in [3.05, 3.63) is 36.2 Å². The van der Waals surface area contributed by atoms with E-state index in [1.54, 1.807) is 6.33 Å². The van der Waals surface area contributed by atoms with E-state index >= 15 is 0 Å². The first-order valence-corrected chi connectivity index (χ1v) is 6.00. The van der Waals surface area contributed by atoms with Gasteiger partial charge in [-0.1, -0.05) is 6.92 Å². The Hall–Kier alpha value is -1.62. The molecule has 0 aliphatic carbocycles. The molecular formula is C12H19N5. The molecule has 2 rings (SSSR count). The lowest BCUT2D eigenvalue weighted by atomic mass is 10.4. The second kappa shape index (κ2) is 5.63. The van der Waals surface area contributed by atoms with Gasteiger partial charge in [0.1, 0.15) is 12.2 Å².